The van der Waals surface area contributed by atoms with Crippen molar-refractivity contribution in [1.82, 2.24) is 0 Å². The van der Waals surface area contributed by atoms with E-state index in [2.05, 4.69) is 29.8 Å². The highest BCUT2D eigenvalue weighted by atomic mass is 79.9. The van der Waals surface area contributed by atoms with Crippen LogP contribution in [0.15, 0.2) is 10.5 Å². The molecule has 0 unspecified atom stereocenters. The number of aliphatic carboxylic acids is 1. The fourth-order valence-corrected chi connectivity index (χ4v) is 3.05. The molecule has 1 aromatic rings. The Labute approximate surface area is 127 Å². The number of ether oxygens (including phenoxy) is 2. The Morgan fingerprint density at radius 3 is 2.75 bits per heavy atom. The molecule has 1 aliphatic heterocycles. The first-order valence-corrected chi connectivity index (χ1v) is 7.62. The second kappa shape index (κ2) is 6.48. The molecule has 110 valence electrons. The summed E-state index contributed by atoms with van der Waals surface area (Å²) in [4.78, 5) is 10.8. The van der Waals surface area contributed by atoms with E-state index in [0.29, 0.717) is 19.6 Å². The van der Waals surface area contributed by atoms with Gasteiger partial charge < -0.3 is 14.6 Å². The van der Waals surface area contributed by atoms with Gasteiger partial charge in [-0.3, -0.25) is 4.79 Å². The first-order valence-electron chi connectivity index (χ1n) is 6.83. The standard InChI is InChI=1S/C15H19BrO4/c1-9(2)14-10(4-5-13(17)18)11(16)8-12-15(14)20-7-3-6-19-12/h8-9H,3-7H2,1-2H3,(H,17,18). The maximum absolute atomic E-state index is 10.8. The summed E-state index contributed by atoms with van der Waals surface area (Å²) >= 11 is 3.54. The number of carboxylic acid groups (broad SMARTS) is 1. The number of carbonyl (C=O) groups is 1. The number of rotatable bonds is 4. The summed E-state index contributed by atoms with van der Waals surface area (Å²) in [6, 6.07) is 1.89. The second-order valence-corrected chi connectivity index (χ2v) is 6.03. The molecule has 0 aliphatic carbocycles. The van der Waals surface area contributed by atoms with Gasteiger partial charge in [0.05, 0.1) is 13.2 Å². The molecule has 20 heavy (non-hydrogen) atoms. The highest BCUT2D eigenvalue weighted by molar-refractivity contribution is 9.10. The fraction of sp³-hybridized carbons (Fsp3) is 0.533. The van der Waals surface area contributed by atoms with Crippen LogP contribution in [0.3, 0.4) is 0 Å². The van der Waals surface area contributed by atoms with Crippen molar-refractivity contribution in [3.63, 3.8) is 0 Å². The minimum Gasteiger partial charge on any atom is -0.490 e. The van der Waals surface area contributed by atoms with Gasteiger partial charge in [-0.05, 0) is 24.0 Å². The molecule has 0 amide bonds. The quantitative estimate of drug-likeness (QED) is 0.905. The summed E-state index contributed by atoms with van der Waals surface area (Å²) in [5, 5.41) is 8.91. The summed E-state index contributed by atoms with van der Waals surface area (Å²) in [5.74, 6) is 0.976. The Kier molecular flexibility index (Phi) is 4.91. The van der Waals surface area contributed by atoms with Gasteiger partial charge in [0.15, 0.2) is 11.5 Å². The van der Waals surface area contributed by atoms with E-state index in [1.165, 1.54) is 0 Å². The Balaban J connectivity index is 2.49. The monoisotopic (exact) mass is 342 g/mol. The van der Waals surface area contributed by atoms with Crippen LogP contribution < -0.4 is 9.47 Å². The lowest BCUT2D eigenvalue weighted by Gasteiger charge is -2.20. The molecule has 0 spiro atoms. The zero-order valence-electron chi connectivity index (χ0n) is 11.7. The molecular formula is C15H19BrO4. The second-order valence-electron chi connectivity index (χ2n) is 5.18. The third-order valence-corrected chi connectivity index (χ3v) is 4.01. The van der Waals surface area contributed by atoms with Gasteiger partial charge in [-0.25, -0.2) is 0 Å². The first-order chi connectivity index (χ1) is 9.50. The van der Waals surface area contributed by atoms with Gasteiger partial charge in [-0.1, -0.05) is 29.8 Å². The van der Waals surface area contributed by atoms with Crippen molar-refractivity contribution in [2.45, 2.75) is 39.0 Å². The van der Waals surface area contributed by atoms with E-state index < -0.39 is 5.97 Å². The predicted octanol–water partition coefficient (Wildman–Crippen LogP) is 3.75. The third-order valence-electron chi connectivity index (χ3n) is 3.30. The first kappa shape index (κ1) is 15.2. The molecule has 1 aromatic carbocycles. The highest BCUT2D eigenvalue weighted by Gasteiger charge is 2.23. The van der Waals surface area contributed by atoms with Crippen LogP contribution in [0, 0.1) is 0 Å². The molecule has 1 heterocycles. The molecule has 1 N–H and O–H groups in total. The Morgan fingerprint density at radius 2 is 2.10 bits per heavy atom. The lowest BCUT2D eigenvalue weighted by molar-refractivity contribution is -0.136. The van der Waals surface area contributed by atoms with Gasteiger partial charge >= 0.3 is 5.97 Å². The minimum atomic E-state index is -0.793. The van der Waals surface area contributed by atoms with E-state index in [9.17, 15) is 4.79 Å². The van der Waals surface area contributed by atoms with Gasteiger partial charge in [-0.15, -0.1) is 0 Å². The van der Waals surface area contributed by atoms with Crippen molar-refractivity contribution in [2.75, 3.05) is 13.2 Å². The molecule has 1 aliphatic rings. The van der Waals surface area contributed by atoms with Crippen LogP contribution in [0.5, 0.6) is 11.5 Å². The molecule has 0 bridgehead atoms. The summed E-state index contributed by atoms with van der Waals surface area (Å²) < 4.78 is 12.5. The van der Waals surface area contributed by atoms with Gasteiger partial charge in [0.1, 0.15) is 0 Å². The molecule has 0 atom stereocenters. The zero-order chi connectivity index (χ0) is 14.7. The van der Waals surface area contributed by atoms with E-state index in [0.717, 1.165) is 33.5 Å². The third kappa shape index (κ3) is 3.26. The Hall–Kier alpha value is -1.23. The van der Waals surface area contributed by atoms with Crippen molar-refractivity contribution >= 4 is 21.9 Å². The summed E-state index contributed by atoms with van der Waals surface area (Å²) in [5.41, 5.74) is 2.06. The van der Waals surface area contributed by atoms with Gasteiger partial charge in [-0.2, -0.15) is 0 Å². The molecule has 0 radical (unpaired) electrons. The number of fused-ring (bicyclic) bond motifs is 1. The van der Waals surface area contributed by atoms with Crippen molar-refractivity contribution in [1.29, 1.82) is 0 Å². The van der Waals surface area contributed by atoms with Crippen molar-refractivity contribution in [3.05, 3.63) is 21.7 Å². The van der Waals surface area contributed by atoms with Gasteiger partial charge in [0, 0.05) is 22.9 Å². The van der Waals surface area contributed by atoms with Crippen LogP contribution >= 0.6 is 15.9 Å². The van der Waals surface area contributed by atoms with Crippen LogP contribution in [0.25, 0.3) is 0 Å². The maximum Gasteiger partial charge on any atom is 0.303 e. The molecule has 0 saturated carbocycles. The summed E-state index contributed by atoms with van der Waals surface area (Å²) in [6.45, 7) is 5.44. The highest BCUT2D eigenvalue weighted by Crippen LogP contribution is 2.43. The number of hydrogen-bond acceptors (Lipinski definition) is 3. The van der Waals surface area contributed by atoms with Gasteiger partial charge in [0.25, 0.3) is 0 Å². The van der Waals surface area contributed by atoms with Crippen LogP contribution in [-0.4, -0.2) is 24.3 Å². The fourth-order valence-electron chi connectivity index (χ4n) is 2.43. The molecule has 0 saturated heterocycles. The maximum atomic E-state index is 10.8. The van der Waals surface area contributed by atoms with Gasteiger partial charge in [0.2, 0.25) is 0 Å². The number of halogens is 1. The van der Waals surface area contributed by atoms with E-state index in [1.807, 2.05) is 6.07 Å². The van der Waals surface area contributed by atoms with E-state index in [1.54, 1.807) is 0 Å². The molecule has 5 heteroatoms. The predicted molar refractivity (Wildman–Crippen MR) is 79.8 cm³/mol. The van der Waals surface area contributed by atoms with E-state index in [4.69, 9.17) is 14.6 Å². The van der Waals surface area contributed by atoms with Crippen molar-refractivity contribution in [3.8, 4) is 11.5 Å². The molecule has 2 rings (SSSR count). The largest absolute Gasteiger partial charge is 0.490 e. The Morgan fingerprint density at radius 1 is 1.40 bits per heavy atom. The summed E-state index contributed by atoms with van der Waals surface area (Å²) in [7, 11) is 0. The molecule has 4 nitrogen and oxygen atoms in total. The number of carboxylic acids is 1. The average Bonchev–Trinajstić information content (AvgIpc) is 2.59. The van der Waals surface area contributed by atoms with E-state index in [-0.39, 0.29) is 12.3 Å². The number of benzene rings is 1. The topological polar surface area (TPSA) is 55.8 Å². The molecular weight excluding hydrogens is 324 g/mol. The smallest absolute Gasteiger partial charge is 0.303 e. The number of hydrogen-bond donors (Lipinski definition) is 1. The Bertz CT molecular complexity index is 511. The minimum absolute atomic E-state index is 0.109. The summed E-state index contributed by atoms with van der Waals surface area (Å²) in [6.07, 6.45) is 1.45. The zero-order valence-corrected chi connectivity index (χ0v) is 13.3. The normalized spacial score (nSPS) is 14.2. The van der Waals surface area contributed by atoms with Crippen LogP contribution in [0.1, 0.15) is 43.7 Å². The van der Waals surface area contributed by atoms with Crippen LogP contribution in [0.2, 0.25) is 0 Å². The van der Waals surface area contributed by atoms with Crippen LogP contribution in [-0.2, 0) is 11.2 Å². The van der Waals surface area contributed by atoms with Crippen molar-refractivity contribution in [2.24, 2.45) is 0 Å². The van der Waals surface area contributed by atoms with Crippen LogP contribution in [0.4, 0.5) is 0 Å². The van der Waals surface area contributed by atoms with E-state index >= 15 is 0 Å². The lowest BCUT2D eigenvalue weighted by atomic mass is 9.93. The molecule has 0 aromatic heterocycles. The lowest BCUT2D eigenvalue weighted by Crippen LogP contribution is -2.06. The molecule has 0 fully saturated rings. The SMILES string of the molecule is CC(C)c1c(CCC(=O)O)c(Br)cc2c1OCCCO2. The van der Waals surface area contributed by atoms with Crippen molar-refractivity contribution < 1.29 is 19.4 Å². The average molecular weight is 343 g/mol.